The molecule has 3 unspecified atom stereocenters. The molecule has 9 heteroatoms. The molecule has 0 saturated heterocycles. The van der Waals surface area contributed by atoms with E-state index < -0.39 is 34.0 Å². The summed E-state index contributed by atoms with van der Waals surface area (Å²) in [6.07, 6.45) is -1.51. The standard InChI is InChI=1S/C29H36N2O6S/c1-36-24-13-9-12-23(18-24)20-30-21-27(32)26(19-22-10-5-3-6-11-22)31-29(33)28(37-2)16-17-38(34,35)25-14-7-4-8-15-25/h3-15,18,26-28,30,32H,16-17,19-21H2,1-2H3,(H,31,33). The van der Waals surface area contributed by atoms with E-state index in [1.807, 2.05) is 54.6 Å². The van der Waals surface area contributed by atoms with Gasteiger partial charge in [-0.25, -0.2) is 8.42 Å². The van der Waals surface area contributed by atoms with Crippen LogP contribution in [-0.2, 0) is 32.3 Å². The third-order valence-corrected chi connectivity index (χ3v) is 8.00. The molecule has 3 aromatic carbocycles. The molecular weight excluding hydrogens is 504 g/mol. The third-order valence-electron chi connectivity index (χ3n) is 6.24. The maximum absolute atomic E-state index is 13.1. The number of nitrogens with one attached hydrogen (secondary N) is 2. The van der Waals surface area contributed by atoms with Gasteiger partial charge < -0.3 is 25.2 Å². The highest BCUT2D eigenvalue weighted by molar-refractivity contribution is 7.91. The second kappa shape index (κ2) is 14.6. The number of aliphatic hydroxyl groups excluding tert-OH is 1. The molecule has 204 valence electrons. The Morgan fingerprint density at radius 2 is 1.58 bits per heavy atom. The summed E-state index contributed by atoms with van der Waals surface area (Å²) >= 11 is 0. The van der Waals surface area contributed by atoms with E-state index in [0.29, 0.717) is 13.0 Å². The van der Waals surface area contributed by atoms with E-state index in [9.17, 15) is 18.3 Å². The van der Waals surface area contributed by atoms with Crippen molar-refractivity contribution in [2.45, 2.75) is 42.5 Å². The normalized spacial score (nSPS) is 13.9. The van der Waals surface area contributed by atoms with Crippen molar-refractivity contribution >= 4 is 15.7 Å². The van der Waals surface area contributed by atoms with Crippen LogP contribution in [0.25, 0.3) is 0 Å². The number of benzene rings is 3. The number of sulfone groups is 1. The zero-order valence-electron chi connectivity index (χ0n) is 21.7. The maximum atomic E-state index is 13.1. The number of methoxy groups -OCH3 is 2. The van der Waals surface area contributed by atoms with Crippen molar-refractivity contribution in [3.63, 3.8) is 0 Å². The summed E-state index contributed by atoms with van der Waals surface area (Å²) in [5.74, 6) is 0.0409. The van der Waals surface area contributed by atoms with E-state index in [1.165, 1.54) is 19.2 Å². The number of aliphatic hydroxyl groups is 1. The van der Waals surface area contributed by atoms with Gasteiger partial charge in [0.1, 0.15) is 11.9 Å². The number of hydrogen-bond acceptors (Lipinski definition) is 7. The van der Waals surface area contributed by atoms with Crippen LogP contribution in [-0.4, -0.2) is 64.2 Å². The van der Waals surface area contributed by atoms with Crippen LogP contribution in [0.15, 0.2) is 89.8 Å². The summed E-state index contributed by atoms with van der Waals surface area (Å²) in [5, 5.41) is 17.1. The van der Waals surface area contributed by atoms with Gasteiger partial charge in [-0.05, 0) is 48.2 Å². The van der Waals surface area contributed by atoms with Crippen LogP contribution in [0.5, 0.6) is 5.75 Å². The van der Waals surface area contributed by atoms with Gasteiger partial charge in [0.25, 0.3) is 0 Å². The number of hydrogen-bond donors (Lipinski definition) is 3. The second-order valence-electron chi connectivity index (χ2n) is 9.00. The predicted octanol–water partition coefficient (Wildman–Crippen LogP) is 2.75. The summed E-state index contributed by atoms with van der Waals surface area (Å²) in [5.41, 5.74) is 1.95. The fourth-order valence-electron chi connectivity index (χ4n) is 4.08. The van der Waals surface area contributed by atoms with Crippen LogP contribution in [0.4, 0.5) is 0 Å². The Morgan fingerprint density at radius 3 is 2.24 bits per heavy atom. The molecule has 3 rings (SSSR count). The van der Waals surface area contributed by atoms with E-state index in [4.69, 9.17) is 9.47 Å². The average Bonchev–Trinajstić information content (AvgIpc) is 2.94. The Bertz CT molecular complexity index is 1240. The van der Waals surface area contributed by atoms with Crippen molar-refractivity contribution < 1.29 is 27.8 Å². The summed E-state index contributed by atoms with van der Waals surface area (Å²) in [7, 11) is -0.583. The first-order valence-corrected chi connectivity index (χ1v) is 14.1. The maximum Gasteiger partial charge on any atom is 0.249 e. The minimum Gasteiger partial charge on any atom is -0.497 e. The number of amides is 1. The highest BCUT2D eigenvalue weighted by atomic mass is 32.2. The van der Waals surface area contributed by atoms with Crippen molar-refractivity contribution in [3.8, 4) is 5.75 Å². The molecule has 38 heavy (non-hydrogen) atoms. The van der Waals surface area contributed by atoms with E-state index >= 15 is 0 Å². The zero-order valence-corrected chi connectivity index (χ0v) is 22.6. The molecule has 1 amide bonds. The monoisotopic (exact) mass is 540 g/mol. The highest BCUT2D eigenvalue weighted by Crippen LogP contribution is 2.15. The van der Waals surface area contributed by atoms with Crippen molar-refractivity contribution in [2.75, 3.05) is 26.5 Å². The van der Waals surface area contributed by atoms with Crippen LogP contribution in [0, 0.1) is 0 Å². The van der Waals surface area contributed by atoms with Gasteiger partial charge in [0.05, 0.1) is 29.9 Å². The van der Waals surface area contributed by atoms with Crippen LogP contribution in [0.2, 0.25) is 0 Å². The Labute approximate surface area is 224 Å². The second-order valence-corrected chi connectivity index (χ2v) is 11.1. The lowest BCUT2D eigenvalue weighted by molar-refractivity contribution is -0.132. The van der Waals surface area contributed by atoms with Gasteiger partial charge >= 0.3 is 0 Å². The number of carbonyl (C=O) groups excluding carboxylic acids is 1. The lowest BCUT2D eigenvalue weighted by Crippen LogP contribution is -2.51. The first kappa shape index (κ1) is 29.3. The largest absolute Gasteiger partial charge is 0.497 e. The van der Waals surface area contributed by atoms with Crippen LogP contribution in [0.1, 0.15) is 17.5 Å². The summed E-state index contributed by atoms with van der Waals surface area (Å²) in [6, 6.07) is 24.7. The van der Waals surface area contributed by atoms with E-state index in [2.05, 4.69) is 10.6 Å². The fraction of sp³-hybridized carbons (Fsp3) is 0.345. The molecule has 0 aliphatic carbocycles. The van der Waals surface area contributed by atoms with Crippen molar-refractivity contribution in [2.24, 2.45) is 0 Å². The molecule has 3 N–H and O–H groups in total. The molecule has 0 fully saturated rings. The third kappa shape index (κ3) is 8.95. The summed E-state index contributed by atoms with van der Waals surface area (Å²) in [4.78, 5) is 13.3. The lowest BCUT2D eigenvalue weighted by atomic mass is 10.0. The van der Waals surface area contributed by atoms with Crippen molar-refractivity contribution in [1.82, 2.24) is 10.6 Å². The fourth-order valence-corrected chi connectivity index (χ4v) is 5.41. The summed E-state index contributed by atoms with van der Waals surface area (Å²) < 4.78 is 36.0. The Hall–Kier alpha value is -3.24. The Morgan fingerprint density at radius 1 is 0.921 bits per heavy atom. The van der Waals surface area contributed by atoms with Crippen LogP contribution in [0.3, 0.4) is 0 Å². The van der Waals surface area contributed by atoms with Crippen molar-refractivity contribution in [3.05, 3.63) is 96.1 Å². The van der Waals surface area contributed by atoms with E-state index in [0.717, 1.165) is 16.9 Å². The SMILES string of the molecule is COc1cccc(CNCC(O)C(Cc2ccccc2)NC(=O)C(CCS(=O)(=O)c2ccccc2)OC)c1. The smallest absolute Gasteiger partial charge is 0.249 e. The number of carbonyl (C=O) groups is 1. The predicted molar refractivity (Wildman–Crippen MR) is 147 cm³/mol. The lowest BCUT2D eigenvalue weighted by Gasteiger charge is -2.27. The van der Waals surface area contributed by atoms with Crippen LogP contribution < -0.4 is 15.4 Å². The molecule has 0 bridgehead atoms. The quantitative estimate of drug-likeness (QED) is 0.272. The van der Waals surface area contributed by atoms with Gasteiger partial charge in [0.15, 0.2) is 9.84 Å². The van der Waals surface area contributed by atoms with Gasteiger partial charge in [-0.1, -0.05) is 60.7 Å². The molecule has 3 atom stereocenters. The average molecular weight is 541 g/mol. The van der Waals surface area contributed by atoms with Gasteiger partial charge in [-0.2, -0.15) is 0 Å². The van der Waals surface area contributed by atoms with Gasteiger partial charge in [0, 0.05) is 20.2 Å². The van der Waals surface area contributed by atoms with E-state index in [1.54, 1.807) is 25.3 Å². The van der Waals surface area contributed by atoms with Gasteiger partial charge in [-0.15, -0.1) is 0 Å². The minimum atomic E-state index is -3.56. The minimum absolute atomic E-state index is 0.0121. The molecule has 8 nitrogen and oxygen atoms in total. The Kier molecular flexibility index (Phi) is 11.3. The zero-order chi connectivity index (χ0) is 27.4. The first-order chi connectivity index (χ1) is 18.3. The van der Waals surface area contributed by atoms with Crippen LogP contribution >= 0.6 is 0 Å². The summed E-state index contributed by atoms with van der Waals surface area (Å²) in [6.45, 7) is 0.743. The first-order valence-electron chi connectivity index (χ1n) is 12.5. The van der Waals surface area contributed by atoms with Crippen molar-refractivity contribution in [1.29, 1.82) is 0 Å². The molecular formula is C29H36N2O6S. The van der Waals surface area contributed by atoms with Gasteiger partial charge in [0.2, 0.25) is 5.91 Å². The van der Waals surface area contributed by atoms with Gasteiger partial charge in [-0.3, -0.25) is 4.79 Å². The molecule has 3 aromatic rings. The molecule has 0 aromatic heterocycles. The molecule has 0 aliphatic rings. The number of ether oxygens (including phenoxy) is 2. The van der Waals surface area contributed by atoms with E-state index in [-0.39, 0.29) is 23.6 Å². The Balaban J connectivity index is 1.63. The molecule has 0 spiro atoms. The molecule has 0 saturated carbocycles. The molecule has 0 aliphatic heterocycles. The molecule has 0 heterocycles. The molecule has 0 radical (unpaired) electrons. The highest BCUT2D eigenvalue weighted by Gasteiger charge is 2.27. The number of rotatable bonds is 15. The topological polar surface area (TPSA) is 114 Å².